The number of para-hydroxylation sites is 1. The van der Waals surface area contributed by atoms with Gasteiger partial charge in [-0.25, -0.2) is 15.0 Å². The number of nitrogens with zero attached hydrogens (tertiary/aromatic N) is 5. The van der Waals surface area contributed by atoms with E-state index in [0.29, 0.717) is 28.5 Å². The van der Waals surface area contributed by atoms with E-state index in [2.05, 4.69) is 19.9 Å². The van der Waals surface area contributed by atoms with Crippen molar-refractivity contribution in [1.82, 2.24) is 19.4 Å². The molecule has 0 unspecified atom stereocenters. The molecule has 7 rings (SSSR count). The molecule has 41 heavy (non-hydrogen) atoms. The van der Waals surface area contributed by atoms with Crippen LogP contribution in [0.15, 0.2) is 55.0 Å². The number of alkyl halides is 2. The standard InChI is InChI=1S/C30H27F2N5O4/c1-40-28(39)25-17-6-7-18(25)14-36(13-17)30-33-11-19(12-34-30)16-8-9-24-35-26-22(38)10-21(27(26)37(24)15-16)20-4-2-3-5-23(20)41-29(31)32/h2-5,8-9,11-12,15,17-18,21,25,29H,6-7,10,13-14H2,1H3/t17-,18+,21-,25-/m1/s1. The molecule has 0 radical (unpaired) electrons. The van der Waals surface area contributed by atoms with Crippen LogP contribution >= 0.6 is 0 Å². The fraction of sp³-hybridized carbons (Fsp3) is 0.367. The summed E-state index contributed by atoms with van der Waals surface area (Å²) in [6, 6.07) is 10.3. The SMILES string of the molecule is COC(=O)[C@@H]1[C@@H]2CC[C@H]1CN(c1ncc(-c3ccc4nc5c(n4c3)[C@@H](c3ccccc3OC(F)F)CC5=O)cn1)C2. The van der Waals surface area contributed by atoms with Crippen molar-refractivity contribution < 1.29 is 27.8 Å². The minimum Gasteiger partial charge on any atom is -0.469 e. The lowest BCUT2D eigenvalue weighted by Crippen LogP contribution is -2.45. The highest BCUT2D eigenvalue weighted by atomic mass is 19.3. The van der Waals surface area contributed by atoms with Gasteiger partial charge in [-0.1, -0.05) is 18.2 Å². The Kier molecular flexibility index (Phi) is 6.17. The van der Waals surface area contributed by atoms with Crippen molar-refractivity contribution in [1.29, 1.82) is 0 Å². The van der Waals surface area contributed by atoms with Gasteiger partial charge in [0.05, 0.1) is 18.7 Å². The smallest absolute Gasteiger partial charge is 0.387 e. The van der Waals surface area contributed by atoms with Gasteiger partial charge in [0.15, 0.2) is 5.78 Å². The Morgan fingerprint density at radius 3 is 2.46 bits per heavy atom. The molecule has 1 aliphatic heterocycles. The number of piperidine rings is 1. The van der Waals surface area contributed by atoms with Crippen LogP contribution in [0.3, 0.4) is 0 Å². The zero-order valence-corrected chi connectivity index (χ0v) is 22.2. The van der Waals surface area contributed by atoms with E-state index in [0.717, 1.165) is 37.1 Å². The van der Waals surface area contributed by atoms with E-state index in [-0.39, 0.29) is 41.7 Å². The first-order valence-corrected chi connectivity index (χ1v) is 13.7. The summed E-state index contributed by atoms with van der Waals surface area (Å²) in [4.78, 5) is 41.2. The molecule has 210 valence electrons. The molecule has 1 aromatic carbocycles. The summed E-state index contributed by atoms with van der Waals surface area (Å²) in [6.07, 6.45) is 7.53. The van der Waals surface area contributed by atoms with Crippen molar-refractivity contribution in [3.63, 3.8) is 0 Å². The number of imidazole rings is 1. The number of rotatable bonds is 6. The second kappa shape index (κ2) is 9.90. The van der Waals surface area contributed by atoms with Gasteiger partial charge in [0, 0.05) is 60.7 Å². The van der Waals surface area contributed by atoms with Crippen LogP contribution in [0.5, 0.6) is 5.75 Å². The van der Waals surface area contributed by atoms with Gasteiger partial charge < -0.3 is 18.8 Å². The molecule has 1 saturated carbocycles. The number of aromatic nitrogens is 4. The monoisotopic (exact) mass is 559 g/mol. The first-order valence-electron chi connectivity index (χ1n) is 13.7. The molecule has 0 N–H and O–H groups in total. The normalized spacial score (nSPS) is 23.3. The number of Topliss-reactive ketones (excluding diaryl/α,β-unsaturated/α-hetero) is 1. The van der Waals surface area contributed by atoms with Crippen LogP contribution in [0.2, 0.25) is 0 Å². The van der Waals surface area contributed by atoms with Gasteiger partial charge in [-0.15, -0.1) is 0 Å². The summed E-state index contributed by atoms with van der Waals surface area (Å²) in [5.74, 6) is 0.364. The summed E-state index contributed by atoms with van der Waals surface area (Å²) in [5, 5.41) is 0. The molecular formula is C30H27F2N5O4. The second-order valence-corrected chi connectivity index (χ2v) is 10.9. The Morgan fingerprint density at radius 2 is 1.76 bits per heavy atom. The number of ketones is 1. The molecule has 2 aliphatic carbocycles. The van der Waals surface area contributed by atoms with Gasteiger partial charge in [-0.3, -0.25) is 9.59 Å². The number of carbonyl (C=O) groups is 2. The lowest BCUT2D eigenvalue weighted by molar-refractivity contribution is -0.148. The summed E-state index contributed by atoms with van der Waals surface area (Å²) in [5.41, 5.74) is 3.71. The number of carbonyl (C=O) groups excluding carboxylic acids is 2. The first-order chi connectivity index (χ1) is 19.9. The fourth-order valence-corrected chi connectivity index (χ4v) is 6.92. The minimum atomic E-state index is -2.97. The zero-order chi connectivity index (χ0) is 28.2. The number of methoxy groups -OCH3 is 1. The maximum absolute atomic E-state index is 13.1. The van der Waals surface area contributed by atoms with E-state index >= 15 is 0 Å². The number of hydrogen-bond donors (Lipinski definition) is 0. The largest absolute Gasteiger partial charge is 0.469 e. The average Bonchev–Trinajstić information content (AvgIpc) is 3.60. The molecule has 1 saturated heterocycles. The molecular weight excluding hydrogens is 532 g/mol. The lowest BCUT2D eigenvalue weighted by atomic mass is 9.85. The number of esters is 1. The molecule has 4 atom stereocenters. The number of hydrogen-bond acceptors (Lipinski definition) is 8. The molecule has 9 nitrogen and oxygen atoms in total. The van der Waals surface area contributed by atoms with Crippen LogP contribution in [-0.2, 0) is 9.53 Å². The molecule has 2 fully saturated rings. The van der Waals surface area contributed by atoms with Crippen molar-refractivity contribution in [2.24, 2.45) is 17.8 Å². The van der Waals surface area contributed by atoms with Crippen LogP contribution in [0.1, 0.15) is 46.9 Å². The Hall–Kier alpha value is -4.41. The maximum Gasteiger partial charge on any atom is 0.387 e. The summed E-state index contributed by atoms with van der Waals surface area (Å²) < 4.78 is 37.9. The lowest BCUT2D eigenvalue weighted by Gasteiger charge is -2.36. The minimum absolute atomic E-state index is 0.0484. The molecule has 11 heteroatoms. The summed E-state index contributed by atoms with van der Waals surface area (Å²) in [6.45, 7) is -1.54. The van der Waals surface area contributed by atoms with E-state index in [9.17, 15) is 18.4 Å². The third kappa shape index (κ3) is 4.30. The van der Waals surface area contributed by atoms with Crippen LogP contribution < -0.4 is 9.64 Å². The van der Waals surface area contributed by atoms with E-state index in [4.69, 9.17) is 9.47 Å². The Morgan fingerprint density at radius 1 is 1.02 bits per heavy atom. The number of fused-ring (bicyclic) bond motifs is 5. The topological polar surface area (TPSA) is 98.9 Å². The molecule has 3 aliphatic rings. The highest BCUT2D eigenvalue weighted by Gasteiger charge is 2.47. The van der Waals surface area contributed by atoms with Crippen LogP contribution in [0, 0.1) is 17.8 Å². The highest BCUT2D eigenvalue weighted by Crippen LogP contribution is 2.44. The fourth-order valence-electron chi connectivity index (χ4n) is 6.92. The summed E-state index contributed by atoms with van der Waals surface area (Å²) in [7, 11) is 1.45. The van der Waals surface area contributed by atoms with E-state index in [1.807, 2.05) is 22.7 Å². The van der Waals surface area contributed by atoms with E-state index < -0.39 is 12.5 Å². The van der Waals surface area contributed by atoms with Crippen molar-refractivity contribution in [2.45, 2.75) is 31.8 Å². The Labute approximate surface area is 234 Å². The van der Waals surface area contributed by atoms with Crippen LogP contribution in [0.25, 0.3) is 16.8 Å². The summed E-state index contributed by atoms with van der Waals surface area (Å²) >= 11 is 0. The number of benzene rings is 1. The van der Waals surface area contributed by atoms with E-state index in [1.54, 1.807) is 30.6 Å². The first kappa shape index (κ1) is 25.6. The van der Waals surface area contributed by atoms with Crippen LogP contribution in [0.4, 0.5) is 14.7 Å². The quantitative estimate of drug-likeness (QED) is 0.312. The van der Waals surface area contributed by atoms with Crippen molar-refractivity contribution in [3.8, 4) is 16.9 Å². The number of anilines is 1. The third-order valence-electron chi connectivity index (χ3n) is 8.71. The average molecular weight is 560 g/mol. The Balaban J connectivity index is 1.18. The number of pyridine rings is 1. The van der Waals surface area contributed by atoms with Gasteiger partial charge in [0.25, 0.3) is 0 Å². The Bertz CT molecular complexity index is 1640. The van der Waals surface area contributed by atoms with Crippen molar-refractivity contribution in [3.05, 3.63) is 71.9 Å². The van der Waals surface area contributed by atoms with E-state index in [1.165, 1.54) is 13.2 Å². The van der Waals surface area contributed by atoms with Gasteiger partial charge in [-0.2, -0.15) is 8.78 Å². The predicted octanol–water partition coefficient (Wildman–Crippen LogP) is 4.75. The van der Waals surface area contributed by atoms with Crippen molar-refractivity contribution >= 4 is 23.3 Å². The molecule has 4 aromatic rings. The molecule has 3 aromatic heterocycles. The van der Waals surface area contributed by atoms with Gasteiger partial charge in [0.2, 0.25) is 5.95 Å². The van der Waals surface area contributed by atoms with Gasteiger partial charge in [0.1, 0.15) is 17.1 Å². The van der Waals surface area contributed by atoms with Gasteiger partial charge >= 0.3 is 12.6 Å². The number of ether oxygens (including phenoxy) is 2. The second-order valence-electron chi connectivity index (χ2n) is 10.9. The molecule has 4 heterocycles. The zero-order valence-electron chi connectivity index (χ0n) is 22.2. The number of halogens is 2. The van der Waals surface area contributed by atoms with Gasteiger partial charge in [-0.05, 0) is 42.9 Å². The third-order valence-corrected chi connectivity index (χ3v) is 8.71. The van der Waals surface area contributed by atoms with Crippen LogP contribution in [-0.4, -0.2) is 57.9 Å². The highest BCUT2D eigenvalue weighted by molar-refractivity contribution is 6.00. The maximum atomic E-state index is 13.1. The molecule has 0 spiro atoms. The van der Waals surface area contributed by atoms with Crippen molar-refractivity contribution in [2.75, 3.05) is 25.1 Å². The molecule has 0 amide bonds. The predicted molar refractivity (Wildman–Crippen MR) is 144 cm³/mol. The molecule has 2 bridgehead atoms.